The van der Waals surface area contributed by atoms with Gasteiger partial charge in [0.2, 0.25) is 0 Å². The van der Waals surface area contributed by atoms with E-state index < -0.39 is 0 Å². The van der Waals surface area contributed by atoms with Crippen LogP contribution >= 0.6 is 47.2 Å². The van der Waals surface area contributed by atoms with Gasteiger partial charge in [-0.3, -0.25) is 4.99 Å². The number of halogens is 3. The molecule has 2 aromatic rings. The Morgan fingerprint density at radius 2 is 2.15 bits per heavy atom. The van der Waals surface area contributed by atoms with Crippen LogP contribution in [0.25, 0.3) is 0 Å². The first-order chi connectivity index (χ1) is 12.7. The molecule has 27 heavy (non-hydrogen) atoms. The van der Waals surface area contributed by atoms with E-state index in [-0.39, 0.29) is 24.0 Å². The molecule has 0 aliphatic carbocycles. The summed E-state index contributed by atoms with van der Waals surface area (Å²) in [5.74, 6) is 1.66. The van der Waals surface area contributed by atoms with E-state index in [0.717, 1.165) is 49.3 Å². The van der Waals surface area contributed by atoms with E-state index >= 15 is 0 Å². The third kappa shape index (κ3) is 6.40. The van der Waals surface area contributed by atoms with Gasteiger partial charge in [-0.05, 0) is 42.7 Å². The highest BCUT2D eigenvalue weighted by Crippen LogP contribution is 2.25. The highest BCUT2D eigenvalue weighted by atomic mass is 127. The number of anilines is 1. The van der Waals surface area contributed by atoms with Gasteiger partial charge in [-0.1, -0.05) is 35.3 Å². The van der Waals surface area contributed by atoms with Gasteiger partial charge in [0.25, 0.3) is 0 Å². The SMILES string of the molecule is CN=C(NCCc1cccc(Cl)c1)NC1CCN(c2ncccc2Cl)C1.I. The molecule has 2 heterocycles. The number of pyridine rings is 1. The van der Waals surface area contributed by atoms with E-state index in [1.165, 1.54) is 5.56 Å². The van der Waals surface area contributed by atoms with Crippen LogP contribution in [0.5, 0.6) is 0 Å². The fourth-order valence-corrected chi connectivity index (χ4v) is 3.54. The molecule has 0 spiro atoms. The summed E-state index contributed by atoms with van der Waals surface area (Å²) in [7, 11) is 1.79. The fourth-order valence-electron chi connectivity index (χ4n) is 3.09. The van der Waals surface area contributed by atoms with Crippen LogP contribution in [0.15, 0.2) is 47.6 Å². The summed E-state index contributed by atoms with van der Waals surface area (Å²) in [6.45, 7) is 2.57. The predicted octanol–water partition coefficient (Wildman–Crippen LogP) is 3.99. The number of nitrogens with zero attached hydrogens (tertiary/aromatic N) is 3. The topological polar surface area (TPSA) is 52.6 Å². The molecule has 8 heteroatoms. The fraction of sp³-hybridized carbons (Fsp3) is 0.368. The maximum Gasteiger partial charge on any atom is 0.191 e. The standard InChI is InChI=1S/C19H23Cl2N5.HI/c1-22-19(24-10-7-14-4-2-5-15(20)12-14)25-16-8-11-26(13-16)18-17(21)6-3-9-23-18;/h2-6,9,12,16H,7-8,10-11,13H2,1H3,(H2,22,24,25);1H. The Morgan fingerprint density at radius 1 is 1.30 bits per heavy atom. The second-order valence-electron chi connectivity index (χ2n) is 6.26. The molecule has 1 fully saturated rings. The molecule has 0 saturated carbocycles. The van der Waals surface area contributed by atoms with E-state index in [1.54, 1.807) is 13.2 Å². The lowest BCUT2D eigenvalue weighted by atomic mass is 10.1. The molecule has 0 bridgehead atoms. The first kappa shape index (κ1) is 22.0. The molecule has 1 saturated heterocycles. The van der Waals surface area contributed by atoms with Gasteiger partial charge in [0.1, 0.15) is 5.82 Å². The van der Waals surface area contributed by atoms with E-state index in [1.807, 2.05) is 30.3 Å². The van der Waals surface area contributed by atoms with Crippen LogP contribution < -0.4 is 15.5 Å². The van der Waals surface area contributed by atoms with Crippen molar-refractivity contribution >= 4 is 59.0 Å². The molecule has 1 atom stereocenters. The van der Waals surface area contributed by atoms with Crippen molar-refractivity contribution in [2.24, 2.45) is 4.99 Å². The summed E-state index contributed by atoms with van der Waals surface area (Å²) < 4.78 is 0. The molecule has 0 radical (unpaired) electrons. The molecule has 1 aliphatic rings. The summed E-state index contributed by atoms with van der Waals surface area (Å²) in [5.41, 5.74) is 1.21. The zero-order chi connectivity index (χ0) is 18.4. The first-order valence-electron chi connectivity index (χ1n) is 8.73. The minimum Gasteiger partial charge on any atom is -0.356 e. The highest BCUT2D eigenvalue weighted by molar-refractivity contribution is 14.0. The molecule has 3 rings (SSSR count). The molecule has 5 nitrogen and oxygen atoms in total. The maximum atomic E-state index is 6.25. The summed E-state index contributed by atoms with van der Waals surface area (Å²) in [5, 5.41) is 8.31. The Hall–Kier alpha value is -1.25. The van der Waals surface area contributed by atoms with Gasteiger partial charge in [-0.25, -0.2) is 4.98 Å². The maximum absolute atomic E-state index is 6.25. The first-order valence-corrected chi connectivity index (χ1v) is 9.48. The minimum absolute atomic E-state index is 0. The lowest BCUT2D eigenvalue weighted by molar-refractivity contribution is 0.648. The third-order valence-electron chi connectivity index (χ3n) is 4.39. The zero-order valence-corrected chi connectivity index (χ0v) is 19.0. The molecule has 0 amide bonds. The third-order valence-corrected chi connectivity index (χ3v) is 4.92. The molecular weight excluding hydrogens is 496 g/mol. The monoisotopic (exact) mass is 519 g/mol. The summed E-state index contributed by atoms with van der Waals surface area (Å²) >= 11 is 12.3. The van der Waals surface area contributed by atoms with E-state index in [0.29, 0.717) is 11.1 Å². The van der Waals surface area contributed by atoms with E-state index in [9.17, 15) is 0 Å². The van der Waals surface area contributed by atoms with Crippen molar-refractivity contribution < 1.29 is 0 Å². The smallest absolute Gasteiger partial charge is 0.191 e. The number of benzene rings is 1. The predicted molar refractivity (Wildman–Crippen MR) is 125 cm³/mol. The number of hydrogen-bond donors (Lipinski definition) is 2. The number of nitrogens with one attached hydrogen (secondary N) is 2. The molecule has 1 aromatic carbocycles. The summed E-state index contributed by atoms with van der Waals surface area (Å²) in [6.07, 6.45) is 3.68. The Kier molecular flexibility index (Phi) is 8.92. The molecular formula is C19H24Cl2IN5. The molecule has 2 N–H and O–H groups in total. The van der Waals surface area contributed by atoms with Crippen molar-refractivity contribution in [2.45, 2.75) is 18.9 Å². The Bertz CT molecular complexity index is 771. The second-order valence-corrected chi connectivity index (χ2v) is 7.11. The van der Waals surface area contributed by atoms with E-state index in [2.05, 4.69) is 31.6 Å². The molecule has 146 valence electrons. The van der Waals surface area contributed by atoms with Crippen LogP contribution in [0.2, 0.25) is 10.0 Å². The molecule has 1 unspecified atom stereocenters. The Balaban J connectivity index is 0.00000261. The van der Waals surface area contributed by atoms with E-state index in [4.69, 9.17) is 23.2 Å². The average Bonchev–Trinajstić information content (AvgIpc) is 3.09. The van der Waals surface area contributed by atoms with Gasteiger partial charge in [0, 0.05) is 43.9 Å². The van der Waals surface area contributed by atoms with Crippen LogP contribution in [0.1, 0.15) is 12.0 Å². The quantitative estimate of drug-likeness (QED) is 0.356. The van der Waals surface area contributed by atoms with Crippen LogP contribution in [0.3, 0.4) is 0 Å². The van der Waals surface area contributed by atoms with Crippen molar-refractivity contribution in [1.29, 1.82) is 0 Å². The zero-order valence-electron chi connectivity index (χ0n) is 15.2. The van der Waals surface area contributed by atoms with Gasteiger partial charge < -0.3 is 15.5 Å². The van der Waals surface area contributed by atoms with Gasteiger partial charge >= 0.3 is 0 Å². The van der Waals surface area contributed by atoms with Crippen molar-refractivity contribution in [2.75, 3.05) is 31.6 Å². The number of aromatic nitrogens is 1. The van der Waals surface area contributed by atoms with Crippen LogP contribution in [0.4, 0.5) is 5.82 Å². The van der Waals surface area contributed by atoms with Gasteiger partial charge in [0.05, 0.1) is 5.02 Å². The summed E-state index contributed by atoms with van der Waals surface area (Å²) in [6, 6.07) is 12.0. The lowest BCUT2D eigenvalue weighted by Gasteiger charge is -2.20. The summed E-state index contributed by atoms with van der Waals surface area (Å²) in [4.78, 5) is 10.9. The van der Waals surface area contributed by atoms with Crippen molar-refractivity contribution in [3.8, 4) is 0 Å². The van der Waals surface area contributed by atoms with Gasteiger partial charge in [-0.2, -0.15) is 0 Å². The normalized spacial score (nSPS) is 16.8. The second kappa shape index (κ2) is 10.9. The van der Waals surface area contributed by atoms with Crippen LogP contribution in [-0.2, 0) is 6.42 Å². The number of aliphatic imine (C=N–C) groups is 1. The van der Waals surface area contributed by atoms with Gasteiger partial charge in [-0.15, -0.1) is 24.0 Å². The number of rotatable bonds is 5. The Labute approximate surface area is 187 Å². The largest absolute Gasteiger partial charge is 0.356 e. The van der Waals surface area contributed by atoms with Crippen molar-refractivity contribution in [3.63, 3.8) is 0 Å². The van der Waals surface area contributed by atoms with Crippen molar-refractivity contribution in [3.05, 3.63) is 58.2 Å². The van der Waals surface area contributed by atoms with Crippen LogP contribution in [0, 0.1) is 0 Å². The lowest BCUT2D eigenvalue weighted by Crippen LogP contribution is -2.45. The number of guanidine groups is 1. The number of hydrogen-bond acceptors (Lipinski definition) is 3. The molecule has 1 aromatic heterocycles. The average molecular weight is 520 g/mol. The highest BCUT2D eigenvalue weighted by Gasteiger charge is 2.25. The van der Waals surface area contributed by atoms with Crippen molar-refractivity contribution in [1.82, 2.24) is 15.6 Å². The Morgan fingerprint density at radius 3 is 2.89 bits per heavy atom. The minimum atomic E-state index is 0. The van der Waals surface area contributed by atoms with Gasteiger partial charge in [0.15, 0.2) is 5.96 Å². The van der Waals surface area contributed by atoms with Crippen LogP contribution in [-0.4, -0.2) is 43.7 Å². The molecule has 1 aliphatic heterocycles.